The molecule has 0 radical (unpaired) electrons. The summed E-state index contributed by atoms with van der Waals surface area (Å²) in [4.78, 5) is 23.3. The molecule has 0 saturated carbocycles. The summed E-state index contributed by atoms with van der Waals surface area (Å²) in [5.41, 5.74) is -2.37. The van der Waals surface area contributed by atoms with Crippen LogP contribution in [0.4, 0.5) is 24.8 Å². The Morgan fingerprint density at radius 1 is 1.09 bits per heavy atom. The van der Waals surface area contributed by atoms with E-state index in [-0.39, 0.29) is 28.3 Å². The number of ether oxygens (including phenoxy) is 1. The third kappa shape index (κ3) is 5.30. The van der Waals surface area contributed by atoms with Gasteiger partial charge in [-0.25, -0.2) is 4.98 Å². The molecule has 7 nitrogen and oxygen atoms in total. The summed E-state index contributed by atoms with van der Waals surface area (Å²) in [5.74, 6) is 0.975. The fourth-order valence-corrected chi connectivity index (χ4v) is 3.48. The van der Waals surface area contributed by atoms with Crippen LogP contribution < -0.4 is 15.4 Å². The first-order valence-electron chi connectivity index (χ1n) is 9.28. The second-order valence-corrected chi connectivity index (χ2v) is 7.66. The van der Waals surface area contributed by atoms with Gasteiger partial charge in [-0.2, -0.15) is 13.2 Å². The van der Waals surface area contributed by atoms with Crippen molar-refractivity contribution in [3.8, 4) is 11.5 Å². The van der Waals surface area contributed by atoms with E-state index in [1.165, 1.54) is 37.5 Å². The molecule has 164 valence electrons. The highest BCUT2D eigenvalue weighted by atomic mass is 32.2. The van der Waals surface area contributed by atoms with Gasteiger partial charge in [0, 0.05) is 36.0 Å². The van der Waals surface area contributed by atoms with Gasteiger partial charge >= 0.3 is 5.51 Å². The van der Waals surface area contributed by atoms with Crippen molar-refractivity contribution in [2.75, 3.05) is 12.4 Å². The molecule has 2 aromatic carbocycles. The minimum absolute atomic E-state index is 0.0720. The Balaban J connectivity index is 1.51. The number of rotatable bonds is 6. The van der Waals surface area contributed by atoms with E-state index in [0.717, 1.165) is 0 Å². The Hall–Kier alpha value is -3.73. The van der Waals surface area contributed by atoms with Crippen molar-refractivity contribution in [1.82, 2.24) is 20.3 Å². The largest absolute Gasteiger partial charge is 0.457 e. The van der Waals surface area contributed by atoms with Crippen molar-refractivity contribution in [1.29, 1.82) is 0 Å². The molecule has 0 fully saturated rings. The predicted molar refractivity (Wildman–Crippen MR) is 115 cm³/mol. The number of halogens is 3. The minimum Gasteiger partial charge on any atom is -0.457 e. The molecule has 0 unspecified atom stereocenters. The molecule has 4 rings (SSSR count). The van der Waals surface area contributed by atoms with Crippen molar-refractivity contribution in [2.45, 2.75) is 10.4 Å². The molecule has 0 aliphatic rings. The smallest absolute Gasteiger partial charge is 0.446 e. The van der Waals surface area contributed by atoms with Gasteiger partial charge in [0.25, 0.3) is 5.91 Å². The Kier molecular flexibility index (Phi) is 5.91. The fourth-order valence-electron chi connectivity index (χ4n) is 2.88. The minimum atomic E-state index is -4.36. The number of alkyl halides is 3. The number of benzene rings is 2. The molecule has 0 aliphatic heterocycles. The molecule has 0 saturated heterocycles. The van der Waals surface area contributed by atoms with E-state index in [9.17, 15) is 18.0 Å². The summed E-state index contributed by atoms with van der Waals surface area (Å²) in [7, 11) is 1.51. The monoisotopic (exact) mass is 459 g/mol. The Bertz CT molecular complexity index is 1280. The second-order valence-electron chi connectivity index (χ2n) is 6.52. The number of nitrogens with one attached hydrogen (secondary N) is 3. The zero-order valence-corrected chi connectivity index (χ0v) is 17.3. The van der Waals surface area contributed by atoms with Gasteiger partial charge in [0.1, 0.15) is 17.2 Å². The van der Waals surface area contributed by atoms with E-state index in [1.54, 1.807) is 30.3 Å². The third-order valence-corrected chi connectivity index (χ3v) is 4.93. The summed E-state index contributed by atoms with van der Waals surface area (Å²) in [5, 5.41) is 5.47. The first kappa shape index (κ1) is 21.5. The van der Waals surface area contributed by atoms with Crippen LogP contribution in [0.2, 0.25) is 0 Å². The molecule has 4 aromatic rings. The van der Waals surface area contributed by atoms with Gasteiger partial charge in [0.2, 0.25) is 5.95 Å². The number of pyridine rings is 1. The number of fused-ring (bicyclic) bond motifs is 1. The second kappa shape index (κ2) is 8.79. The molecule has 0 aliphatic carbocycles. The van der Waals surface area contributed by atoms with Gasteiger partial charge in [-0.3, -0.25) is 9.78 Å². The van der Waals surface area contributed by atoms with Gasteiger partial charge < -0.3 is 20.4 Å². The normalized spacial score (nSPS) is 11.4. The molecule has 32 heavy (non-hydrogen) atoms. The molecule has 0 bridgehead atoms. The Morgan fingerprint density at radius 2 is 1.91 bits per heavy atom. The number of carbonyl (C=O) groups excluding carboxylic acids is 1. The maximum atomic E-state index is 12.6. The van der Waals surface area contributed by atoms with Crippen molar-refractivity contribution in [3.63, 3.8) is 0 Å². The molecular weight excluding hydrogens is 443 g/mol. The van der Waals surface area contributed by atoms with Crippen LogP contribution in [0.5, 0.6) is 11.5 Å². The van der Waals surface area contributed by atoms with Crippen molar-refractivity contribution < 1.29 is 22.7 Å². The molecule has 0 atom stereocenters. The van der Waals surface area contributed by atoms with Crippen LogP contribution in [0.25, 0.3) is 11.0 Å². The quantitative estimate of drug-likeness (QED) is 0.332. The number of amides is 1. The first-order valence-corrected chi connectivity index (χ1v) is 10.1. The third-order valence-electron chi connectivity index (χ3n) is 4.21. The van der Waals surface area contributed by atoms with E-state index < -0.39 is 5.51 Å². The molecule has 11 heteroatoms. The van der Waals surface area contributed by atoms with Crippen LogP contribution in [0.1, 0.15) is 10.5 Å². The predicted octanol–water partition coefficient (Wildman–Crippen LogP) is 5.47. The number of hydrogen-bond acceptors (Lipinski definition) is 6. The van der Waals surface area contributed by atoms with Crippen LogP contribution >= 0.6 is 11.8 Å². The lowest BCUT2D eigenvalue weighted by Crippen LogP contribution is -2.18. The maximum Gasteiger partial charge on any atom is 0.446 e. The average molecular weight is 459 g/mol. The van der Waals surface area contributed by atoms with E-state index in [4.69, 9.17) is 4.74 Å². The summed E-state index contributed by atoms with van der Waals surface area (Å²) < 4.78 is 43.6. The van der Waals surface area contributed by atoms with Crippen LogP contribution in [0, 0.1) is 0 Å². The number of aromatic amines is 1. The number of carbonyl (C=O) groups is 1. The highest BCUT2D eigenvalue weighted by Gasteiger charge is 2.29. The van der Waals surface area contributed by atoms with Crippen LogP contribution in [-0.2, 0) is 0 Å². The summed E-state index contributed by atoms with van der Waals surface area (Å²) >= 11 is -0.179. The summed E-state index contributed by atoms with van der Waals surface area (Å²) in [6, 6.07) is 14.3. The van der Waals surface area contributed by atoms with Crippen molar-refractivity contribution in [3.05, 3.63) is 66.5 Å². The Labute approximate surface area is 184 Å². The topological polar surface area (TPSA) is 91.9 Å². The van der Waals surface area contributed by atoms with Gasteiger partial charge in [-0.05, 0) is 48.2 Å². The number of H-pyrrole nitrogens is 1. The van der Waals surface area contributed by atoms with Crippen LogP contribution in [0.3, 0.4) is 0 Å². The number of anilines is 2. The standard InChI is InChI=1S/C21H16F3N5O2S/c1-25-19(30)18-11-14(7-8-26-18)31-13-5-6-16-17(10-13)29-20(28-16)27-12-3-2-4-15(9-12)32-21(22,23)24/h2-11H,1H3,(H,25,30)(H2,27,28,29). The molecule has 2 heterocycles. The zero-order valence-electron chi connectivity index (χ0n) is 16.5. The van der Waals surface area contributed by atoms with Crippen molar-refractivity contribution >= 4 is 40.3 Å². The van der Waals surface area contributed by atoms with E-state index in [2.05, 4.69) is 25.6 Å². The number of imidazole rings is 1. The molecule has 1 amide bonds. The van der Waals surface area contributed by atoms with Crippen molar-refractivity contribution in [2.24, 2.45) is 0 Å². The lowest BCUT2D eigenvalue weighted by molar-refractivity contribution is -0.0328. The molecular formula is C21H16F3N5O2S. The van der Waals surface area contributed by atoms with Gasteiger partial charge in [-0.1, -0.05) is 6.07 Å². The van der Waals surface area contributed by atoms with Crippen LogP contribution in [-0.4, -0.2) is 33.4 Å². The highest BCUT2D eigenvalue weighted by molar-refractivity contribution is 8.00. The first-order chi connectivity index (χ1) is 15.3. The number of nitrogens with zero attached hydrogens (tertiary/aromatic N) is 2. The van der Waals surface area contributed by atoms with Gasteiger partial charge in [0.15, 0.2) is 0 Å². The SMILES string of the molecule is CNC(=O)c1cc(Oc2ccc3[nH]c(Nc4cccc(SC(F)(F)F)c4)nc3c2)ccn1. The average Bonchev–Trinajstić information content (AvgIpc) is 3.14. The summed E-state index contributed by atoms with van der Waals surface area (Å²) in [6.45, 7) is 0. The summed E-state index contributed by atoms with van der Waals surface area (Å²) in [6.07, 6.45) is 1.47. The number of aromatic nitrogens is 3. The molecule has 0 spiro atoms. The molecule has 3 N–H and O–H groups in total. The van der Waals surface area contributed by atoms with Gasteiger partial charge in [-0.15, -0.1) is 0 Å². The number of thioether (sulfide) groups is 1. The van der Waals surface area contributed by atoms with Crippen LogP contribution in [0.15, 0.2) is 65.7 Å². The lowest BCUT2D eigenvalue weighted by atomic mass is 10.3. The Morgan fingerprint density at radius 3 is 2.69 bits per heavy atom. The number of hydrogen-bond donors (Lipinski definition) is 3. The highest BCUT2D eigenvalue weighted by Crippen LogP contribution is 2.37. The fraction of sp³-hybridized carbons (Fsp3) is 0.0952. The lowest BCUT2D eigenvalue weighted by Gasteiger charge is -2.07. The maximum absolute atomic E-state index is 12.6. The zero-order chi connectivity index (χ0) is 22.7. The molecule has 2 aromatic heterocycles. The van der Waals surface area contributed by atoms with E-state index >= 15 is 0 Å². The van der Waals surface area contributed by atoms with Gasteiger partial charge in [0.05, 0.1) is 11.0 Å². The van der Waals surface area contributed by atoms with E-state index in [0.29, 0.717) is 34.2 Å². The van der Waals surface area contributed by atoms with E-state index in [1.807, 2.05) is 0 Å².